The number of nitrogens with zero attached hydrogens (tertiary/aromatic N) is 2. The smallest absolute Gasteiger partial charge is 0.273 e. The molecule has 2 aromatic heterocycles. The minimum Gasteiger partial charge on any atom is -0.355 e. The molecule has 0 radical (unpaired) electrons. The lowest BCUT2D eigenvalue weighted by molar-refractivity contribution is 0.0944. The Morgan fingerprint density at radius 1 is 0.897 bits per heavy atom. The Kier molecular flexibility index (Phi) is 5.76. The fourth-order valence-electron chi connectivity index (χ4n) is 3.35. The van der Waals surface area contributed by atoms with Crippen LogP contribution in [0.15, 0.2) is 95.8 Å². The number of hydrogen-bond acceptors (Lipinski definition) is 4. The molecule has 0 saturated carbocycles. The summed E-state index contributed by atoms with van der Waals surface area (Å²) in [7, 11) is 0. The Balaban J connectivity index is 1.41. The first-order valence-corrected chi connectivity index (χ1v) is 9.56. The van der Waals surface area contributed by atoms with Crippen molar-refractivity contribution in [2.24, 2.45) is 0 Å². The summed E-state index contributed by atoms with van der Waals surface area (Å²) in [6, 6.07) is 26.0. The van der Waals surface area contributed by atoms with Crippen LogP contribution in [0, 0.1) is 0 Å². The monoisotopic (exact) mass is 383 g/mol. The van der Waals surface area contributed by atoms with Gasteiger partial charge in [-0.3, -0.25) is 9.78 Å². The van der Waals surface area contributed by atoms with Gasteiger partial charge in [0.15, 0.2) is 11.5 Å². The summed E-state index contributed by atoms with van der Waals surface area (Å²) < 4.78 is 5.30. The van der Waals surface area contributed by atoms with E-state index >= 15 is 0 Å². The maximum absolute atomic E-state index is 12.5. The van der Waals surface area contributed by atoms with Crippen LogP contribution in [0.1, 0.15) is 34.0 Å². The number of rotatable bonds is 7. The van der Waals surface area contributed by atoms with Gasteiger partial charge in [-0.2, -0.15) is 0 Å². The molecular weight excluding hydrogens is 362 g/mol. The van der Waals surface area contributed by atoms with Crippen molar-refractivity contribution in [3.8, 4) is 11.3 Å². The zero-order valence-electron chi connectivity index (χ0n) is 15.9. The van der Waals surface area contributed by atoms with Crippen molar-refractivity contribution >= 4 is 5.91 Å². The minimum atomic E-state index is -0.242. The minimum absolute atomic E-state index is 0.211. The topological polar surface area (TPSA) is 68.0 Å². The molecule has 4 aromatic rings. The van der Waals surface area contributed by atoms with E-state index in [2.05, 4.69) is 39.7 Å². The van der Waals surface area contributed by atoms with Gasteiger partial charge in [0.1, 0.15) is 0 Å². The van der Waals surface area contributed by atoms with Crippen LogP contribution >= 0.6 is 0 Å². The summed E-state index contributed by atoms with van der Waals surface area (Å²) in [6.07, 6.45) is 4.13. The molecule has 1 N–H and O–H groups in total. The number of hydrogen-bond donors (Lipinski definition) is 1. The number of benzene rings is 2. The van der Waals surface area contributed by atoms with Gasteiger partial charge in [-0.05, 0) is 29.7 Å². The van der Waals surface area contributed by atoms with E-state index in [0.717, 1.165) is 12.0 Å². The van der Waals surface area contributed by atoms with Gasteiger partial charge in [0.05, 0.1) is 0 Å². The van der Waals surface area contributed by atoms with E-state index in [4.69, 9.17) is 4.52 Å². The normalized spacial score (nSPS) is 10.8. The molecule has 144 valence electrons. The number of nitrogens with one attached hydrogen (secondary N) is 1. The fourth-order valence-corrected chi connectivity index (χ4v) is 3.35. The highest BCUT2D eigenvalue weighted by atomic mass is 16.5. The molecule has 0 unspecified atom stereocenters. The summed E-state index contributed by atoms with van der Waals surface area (Å²) in [4.78, 5) is 16.5. The van der Waals surface area contributed by atoms with E-state index in [-0.39, 0.29) is 17.5 Å². The number of carbonyl (C=O) groups is 1. The van der Waals surface area contributed by atoms with Crippen molar-refractivity contribution in [3.05, 3.63) is 108 Å². The molecule has 1 amide bonds. The lowest BCUT2D eigenvalue weighted by Crippen LogP contribution is -2.26. The number of carbonyl (C=O) groups excluding carboxylic acids is 1. The van der Waals surface area contributed by atoms with Gasteiger partial charge < -0.3 is 9.84 Å². The van der Waals surface area contributed by atoms with Crippen LogP contribution in [0.5, 0.6) is 0 Å². The van der Waals surface area contributed by atoms with Crippen molar-refractivity contribution in [2.45, 2.75) is 12.3 Å². The van der Waals surface area contributed by atoms with Crippen LogP contribution in [0.25, 0.3) is 11.3 Å². The standard InChI is InChI=1S/C24H21N3O2/c28-24(22-17-23(29-27-22)20-11-14-25-15-12-20)26-16-13-21(18-7-3-1-4-8-18)19-9-5-2-6-10-19/h1-12,14-15,17,21H,13,16H2,(H,26,28). The molecule has 29 heavy (non-hydrogen) atoms. The Morgan fingerprint density at radius 3 is 2.14 bits per heavy atom. The first-order valence-electron chi connectivity index (χ1n) is 9.56. The van der Waals surface area contributed by atoms with Gasteiger partial charge >= 0.3 is 0 Å². The first-order chi connectivity index (χ1) is 14.3. The molecule has 5 nitrogen and oxygen atoms in total. The second-order valence-electron chi connectivity index (χ2n) is 6.73. The molecule has 0 aliphatic rings. The Bertz CT molecular complexity index is 1010. The van der Waals surface area contributed by atoms with Crippen LogP contribution in [-0.4, -0.2) is 22.6 Å². The number of amides is 1. The predicted octanol–water partition coefficient (Wildman–Crippen LogP) is 4.69. The maximum atomic E-state index is 12.5. The Hall–Kier alpha value is -3.73. The van der Waals surface area contributed by atoms with Crippen molar-refractivity contribution in [3.63, 3.8) is 0 Å². The lowest BCUT2D eigenvalue weighted by Gasteiger charge is -2.18. The van der Waals surface area contributed by atoms with Crippen LogP contribution in [0.3, 0.4) is 0 Å². The Labute approximate surface area is 169 Å². The van der Waals surface area contributed by atoms with Crippen LogP contribution in [0.4, 0.5) is 0 Å². The van der Waals surface area contributed by atoms with E-state index in [1.807, 2.05) is 48.5 Å². The number of aromatic nitrogens is 2. The summed E-state index contributed by atoms with van der Waals surface area (Å²) in [5, 5.41) is 6.86. The molecule has 0 spiro atoms. The summed E-state index contributed by atoms with van der Waals surface area (Å²) in [5.41, 5.74) is 3.57. The molecule has 0 aliphatic heterocycles. The largest absolute Gasteiger partial charge is 0.355 e. The fraction of sp³-hybridized carbons (Fsp3) is 0.125. The number of pyridine rings is 1. The highest BCUT2D eigenvalue weighted by Gasteiger charge is 2.16. The van der Waals surface area contributed by atoms with Gasteiger partial charge in [0, 0.05) is 36.5 Å². The van der Waals surface area contributed by atoms with Gasteiger partial charge in [-0.15, -0.1) is 0 Å². The molecule has 0 atom stereocenters. The van der Waals surface area contributed by atoms with E-state index in [0.29, 0.717) is 12.3 Å². The third-order valence-electron chi connectivity index (χ3n) is 4.83. The lowest BCUT2D eigenvalue weighted by atomic mass is 9.88. The molecule has 2 aromatic carbocycles. The van der Waals surface area contributed by atoms with Crippen molar-refractivity contribution in [1.29, 1.82) is 0 Å². The van der Waals surface area contributed by atoms with Crippen LogP contribution < -0.4 is 5.32 Å². The second-order valence-corrected chi connectivity index (χ2v) is 6.73. The van der Waals surface area contributed by atoms with E-state index < -0.39 is 0 Å². The van der Waals surface area contributed by atoms with Crippen LogP contribution in [0.2, 0.25) is 0 Å². The average Bonchev–Trinajstić information content (AvgIpc) is 3.29. The van der Waals surface area contributed by atoms with E-state index in [9.17, 15) is 4.79 Å². The van der Waals surface area contributed by atoms with Crippen molar-refractivity contribution in [1.82, 2.24) is 15.5 Å². The predicted molar refractivity (Wildman–Crippen MR) is 111 cm³/mol. The molecule has 0 fully saturated rings. The third kappa shape index (κ3) is 4.58. The van der Waals surface area contributed by atoms with Gasteiger partial charge in [-0.25, -0.2) is 0 Å². The Morgan fingerprint density at radius 2 is 1.52 bits per heavy atom. The van der Waals surface area contributed by atoms with Gasteiger partial charge in [0.25, 0.3) is 5.91 Å². The summed E-state index contributed by atoms with van der Waals surface area (Å²) in [6.45, 7) is 0.532. The summed E-state index contributed by atoms with van der Waals surface area (Å²) in [5.74, 6) is 0.514. The SMILES string of the molecule is O=C(NCCC(c1ccccc1)c1ccccc1)c1cc(-c2ccncc2)on1. The highest BCUT2D eigenvalue weighted by molar-refractivity contribution is 5.93. The summed E-state index contributed by atoms with van der Waals surface area (Å²) >= 11 is 0. The van der Waals surface area contributed by atoms with E-state index in [1.165, 1.54) is 11.1 Å². The van der Waals surface area contributed by atoms with Crippen molar-refractivity contribution in [2.75, 3.05) is 6.54 Å². The molecule has 2 heterocycles. The molecule has 5 heteroatoms. The van der Waals surface area contributed by atoms with Crippen molar-refractivity contribution < 1.29 is 9.32 Å². The zero-order valence-corrected chi connectivity index (χ0v) is 15.9. The van der Waals surface area contributed by atoms with Gasteiger partial charge in [-0.1, -0.05) is 65.8 Å². The van der Waals surface area contributed by atoms with Crippen LogP contribution in [-0.2, 0) is 0 Å². The quantitative estimate of drug-likeness (QED) is 0.503. The molecule has 4 rings (SSSR count). The van der Waals surface area contributed by atoms with Gasteiger partial charge in [0.2, 0.25) is 0 Å². The van der Waals surface area contributed by atoms with E-state index in [1.54, 1.807) is 18.5 Å². The molecular formula is C24H21N3O2. The zero-order chi connectivity index (χ0) is 19.9. The third-order valence-corrected chi connectivity index (χ3v) is 4.83. The average molecular weight is 383 g/mol. The first kappa shape index (κ1) is 18.6. The maximum Gasteiger partial charge on any atom is 0.273 e. The molecule has 0 aliphatic carbocycles. The second kappa shape index (κ2) is 8.97. The highest BCUT2D eigenvalue weighted by Crippen LogP contribution is 2.27. The molecule has 0 saturated heterocycles. The molecule has 0 bridgehead atoms.